The van der Waals surface area contributed by atoms with Crippen molar-refractivity contribution in [3.63, 3.8) is 0 Å². The Bertz CT molecular complexity index is 1680. The van der Waals surface area contributed by atoms with E-state index in [2.05, 4.69) is 45.5 Å². The van der Waals surface area contributed by atoms with Gasteiger partial charge >= 0.3 is 0 Å². The second-order valence-corrected chi connectivity index (χ2v) is 14.2. The number of fused-ring (bicyclic) bond motifs is 4. The first-order valence-corrected chi connectivity index (χ1v) is 16.9. The molecule has 5 saturated carbocycles. The van der Waals surface area contributed by atoms with Crippen molar-refractivity contribution < 1.29 is 14.0 Å². The summed E-state index contributed by atoms with van der Waals surface area (Å²) in [7, 11) is 0. The molecule has 4 aromatic rings. The molecule has 0 N–H and O–H groups in total. The highest BCUT2D eigenvalue weighted by Gasteiger charge is 2.48. The number of hydrogen-bond acceptors (Lipinski definition) is 6. The number of aromatic nitrogens is 3. The molecule has 6 nitrogen and oxygen atoms in total. The molecule has 5 fully saturated rings. The summed E-state index contributed by atoms with van der Waals surface area (Å²) < 4.78 is 19.1. The summed E-state index contributed by atoms with van der Waals surface area (Å²) in [5.41, 5.74) is 4.65. The molecular formula is C36H37Cl2N3O3. The van der Waals surface area contributed by atoms with Crippen LogP contribution in [0.2, 0.25) is 10.0 Å². The Morgan fingerprint density at radius 1 is 0.932 bits per heavy atom. The van der Waals surface area contributed by atoms with E-state index in [1.54, 1.807) is 12.4 Å². The Labute approximate surface area is 268 Å². The van der Waals surface area contributed by atoms with Gasteiger partial charge in [-0.2, -0.15) is 0 Å². The van der Waals surface area contributed by atoms with Crippen molar-refractivity contribution in [2.75, 3.05) is 0 Å². The number of hydrogen-bond donors (Lipinski definition) is 0. The molecule has 0 spiro atoms. The van der Waals surface area contributed by atoms with Gasteiger partial charge in [0, 0.05) is 41.0 Å². The Morgan fingerprint density at radius 2 is 1.68 bits per heavy atom. The van der Waals surface area contributed by atoms with Crippen LogP contribution < -0.4 is 4.74 Å². The van der Waals surface area contributed by atoms with E-state index in [4.69, 9.17) is 37.2 Å². The highest BCUT2D eigenvalue weighted by atomic mass is 35.5. The molecule has 0 aliphatic heterocycles. The zero-order valence-corrected chi connectivity index (χ0v) is 26.4. The fourth-order valence-corrected chi connectivity index (χ4v) is 8.18. The first-order valence-electron chi connectivity index (χ1n) is 16.2. The molecule has 228 valence electrons. The monoisotopic (exact) mass is 629 g/mol. The molecule has 0 radical (unpaired) electrons. The van der Waals surface area contributed by atoms with Crippen molar-refractivity contribution in [1.82, 2.24) is 15.1 Å². The lowest BCUT2D eigenvalue weighted by atomic mass is 9.58. The number of pyridine rings is 2. The maximum absolute atomic E-state index is 6.84. The van der Waals surface area contributed by atoms with Gasteiger partial charge in [-0.25, -0.2) is 0 Å². The van der Waals surface area contributed by atoms with Gasteiger partial charge in [-0.1, -0.05) is 46.6 Å². The lowest BCUT2D eigenvalue weighted by molar-refractivity contribution is -0.133. The summed E-state index contributed by atoms with van der Waals surface area (Å²) in [4.78, 5) is 8.71. The van der Waals surface area contributed by atoms with Gasteiger partial charge < -0.3 is 14.0 Å². The Hall–Kier alpha value is -2.93. The largest absolute Gasteiger partial charge is 0.490 e. The molecule has 0 atom stereocenters. The maximum Gasteiger partial charge on any atom is 0.145 e. The average Bonchev–Trinajstić information content (AvgIpc) is 3.60. The average molecular weight is 631 g/mol. The molecule has 5 aliphatic carbocycles. The third-order valence-electron chi connectivity index (χ3n) is 10.6. The Balaban J connectivity index is 0.968. The van der Waals surface area contributed by atoms with E-state index in [-0.39, 0.29) is 11.0 Å². The number of benzene rings is 1. The number of nitrogens with zero attached hydrogens (tertiary/aromatic N) is 3. The first kappa shape index (κ1) is 28.5. The van der Waals surface area contributed by atoms with Crippen LogP contribution in [0.15, 0.2) is 53.5 Å². The summed E-state index contributed by atoms with van der Waals surface area (Å²) in [5.74, 6) is 2.28. The van der Waals surface area contributed by atoms with Crippen molar-refractivity contribution in [1.29, 1.82) is 0 Å². The highest BCUT2D eigenvalue weighted by molar-refractivity contribution is 6.38. The second kappa shape index (κ2) is 11.5. The fourth-order valence-electron chi connectivity index (χ4n) is 7.64. The van der Waals surface area contributed by atoms with Crippen LogP contribution in [0.5, 0.6) is 5.75 Å². The normalized spacial score (nSPS) is 25.4. The number of allylic oxidation sites excluding steroid dienone is 1. The predicted molar refractivity (Wildman–Crippen MR) is 173 cm³/mol. The lowest BCUT2D eigenvalue weighted by Crippen LogP contribution is -2.46. The molecule has 0 unspecified atom stereocenters. The molecule has 8 heteroatoms. The van der Waals surface area contributed by atoms with Crippen LogP contribution in [0.3, 0.4) is 0 Å². The van der Waals surface area contributed by atoms with E-state index >= 15 is 0 Å². The maximum atomic E-state index is 6.84. The van der Waals surface area contributed by atoms with Crippen molar-refractivity contribution in [2.24, 2.45) is 5.41 Å². The summed E-state index contributed by atoms with van der Waals surface area (Å²) >= 11 is 13.0. The van der Waals surface area contributed by atoms with Crippen LogP contribution in [0.1, 0.15) is 99.9 Å². The van der Waals surface area contributed by atoms with Crippen LogP contribution in [0, 0.1) is 5.41 Å². The van der Waals surface area contributed by atoms with Gasteiger partial charge in [0.1, 0.15) is 17.2 Å². The van der Waals surface area contributed by atoms with Crippen LogP contribution in [-0.2, 0) is 11.3 Å². The quantitative estimate of drug-likeness (QED) is 0.183. The molecule has 44 heavy (non-hydrogen) atoms. The van der Waals surface area contributed by atoms with Gasteiger partial charge in [0.2, 0.25) is 0 Å². The van der Waals surface area contributed by atoms with Crippen molar-refractivity contribution in [3.8, 4) is 17.0 Å². The fraction of sp³-hybridized carbons (Fsp3) is 0.472. The number of halogens is 2. The van der Waals surface area contributed by atoms with E-state index in [1.807, 2.05) is 12.3 Å². The highest BCUT2D eigenvalue weighted by Crippen LogP contribution is 2.55. The van der Waals surface area contributed by atoms with Gasteiger partial charge in [-0.15, -0.1) is 0 Å². The van der Waals surface area contributed by atoms with Gasteiger partial charge in [0.15, 0.2) is 0 Å². The Kier molecular flexibility index (Phi) is 7.43. The SMILES string of the molecule is Clc1cncc(Cl)c1-c1noc(C2CC2)c1COC12CCC(/C=C/c3ccc4nccc(OC5CCCC5)c4c3)(CC1)CC2. The zero-order valence-electron chi connectivity index (χ0n) is 24.9. The number of rotatable bonds is 9. The molecule has 0 amide bonds. The first-order chi connectivity index (χ1) is 21.5. The van der Waals surface area contributed by atoms with Gasteiger partial charge in [-0.3, -0.25) is 9.97 Å². The zero-order chi connectivity index (χ0) is 29.7. The number of ether oxygens (including phenoxy) is 2. The van der Waals surface area contributed by atoms with Crippen molar-refractivity contribution in [2.45, 2.75) is 101 Å². The summed E-state index contributed by atoms with van der Waals surface area (Å²) in [5, 5.41) is 6.48. The van der Waals surface area contributed by atoms with Gasteiger partial charge in [0.25, 0.3) is 0 Å². The van der Waals surface area contributed by atoms with Crippen LogP contribution in [0.25, 0.3) is 28.2 Å². The van der Waals surface area contributed by atoms with Crippen LogP contribution in [0.4, 0.5) is 0 Å². The minimum atomic E-state index is -0.113. The van der Waals surface area contributed by atoms with Gasteiger partial charge in [-0.05, 0) is 106 Å². The summed E-state index contributed by atoms with van der Waals surface area (Å²) in [6, 6.07) is 8.56. The summed E-state index contributed by atoms with van der Waals surface area (Å²) in [6.45, 7) is 0.457. The minimum absolute atomic E-state index is 0.113. The third-order valence-corrected chi connectivity index (χ3v) is 11.1. The molecular weight excluding hydrogens is 593 g/mol. The molecule has 0 saturated heterocycles. The Morgan fingerprint density at radius 3 is 2.41 bits per heavy atom. The molecule has 3 heterocycles. The third kappa shape index (κ3) is 5.44. The predicted octanol–water partition coefficient (Wildman–Crippen LogP) is 10.1. The van der Waals surface area contributed by atoms with Crippen LogP contribution in [-0.4, -0.2) is 26.8 Å². The van der Waals surface area contributed by atoms with E-state index < -0.39 is 0 Å². The molecule has 9 rings (SSSR count). The van der Waals surface area contributed by atoms with Crippen LogP contribution >= 0.6 is 23.2 Å². The standard InChI is InChI=1S/C36H37Cl2N3O3/c37-28-20-39-21-29(38)32(28)33-27(34(44-41-33)24-6-7-24)22-42-36-15-12-35(13-16-36,14-17-36)11-9-23-5-8-30-26(19-23)31(10-18-40-30)43-25-3-1-2-4-25/h5,8-11,18-21,24-25H,1-4,6-7,12-17,22H2/b11-9+. The second-order valence-electron chi connectivity index (χ2n) is 13.4. The van der Waals surface area contributed by atoms with E-state index in [0.717, 1.165) is 92.2 Å². The lowest BCUT2D eigenvalue weighted by Gasteiger charge is -2.52. The summed E-state index contributed by atoms with van der Waals surface area (Å²) in [6.07, 6.45) is 23.8. The van der Waals surface area contributed by atoms with E-state index in [9.17, 15) is 0 Å². The van der Waals surface area contributed by atoms with Crippen molar-refractivity contribution in [3.05, 3.63) is 75.9 Å². The smallest absolute Gasteiger partial charge is 0.145 e. The molecule has 1 aromatic carbocycles. The van der Waals surface area contributed by atoms with E-state index in [1.165, 1.54) is 18.4 Å². The minimum Gasteiger partial charge on any atom is -0.490 e. The molecule has 5 aliphatic rings. The van der Waals surface area contributed by atoms with Gasteiger partial charge in [0.05, 0.1) is 33.9 Å². The molecule has 3 aromatic heterocycles. The topological polar surface area (TPSA) is 70.3 Å². The van der Waals surface area contributed by atoms with Crippen molar-refractivity contribution >= 4 is 40.2 Å². The van der Waals surface area contributed by atoms with E-state index in [0.29, 0.717) is 39.9 Å². The molecule has 2 bridgehead atoms.